The minimum atomic E-state index is -0.630. The maximum atomic E-state index is 13.8. The molecule has 2 aromatic heterocycles. The van der Waals surface area contributed by atoms with Gasteiger partial charge >= 0.3 is 5.97 Å². The van der Waals surface area contributed by atoms with Crippen molar-refractivity contribution in [2.75, 3.05) is 6.61 Å². The molecule has 0 saturated carbocycles. The molecule has 8 heteroatoms. The maximum Gasteiger partial charge on any atom is 0.338 e. The molecule has 3 heterocycles. The Balaban J connectivity index is 1.71. The quantitative estimate of drug-likeness (QED) is 0.323. The molecule has 0 N–H and O–H groups in total. The zero-order valence-corrected chi connectivity index (χ0v) is 22.3. The van der Waals surface area contributed by atoms with Gasteiger partial charge in [-0.2, -0.15) is 0 Å². The number of hydrogen-bond acceptors (Lipinski definition) is 7. The summed E-state index contributed by atoms with van der Waals surface area (Å²) < 4.78 is 13.4. The van der Waals surface area contributed by atoms with Crippen LogP contribution in [0.15, 0.2) is 87.5 Å². The minimum Gasteiger partial charge on any atom is -0.491 e. The van der Waals surface area contributed by atoms with E-state index >= 15 is 0 Å². The molecule has 1 atom stereocenters. The Morgan fingerprint density at radius 3 is 2.49 bits per heavy atom. The Morgan fingerprint density at radius 1 is 1.08 bits per heavy atom. The summed E-state index contributed by atoms with van der Waals surface area (Å²) in [4.78, 5) is 33.4. The summed E-state index contributed by atoms with van der Waals surface area (Å²) in [5.74, 6) is 0.302. The average Bonchev–Trinajstić information content (AvgIpc) is 3.53. The topological polar surface area (TPSA) is 69.9 Å². The smallest absolute Gasteiger partial charge is 0.338 e. The Kier molecular flexibility index (Phi) is 7.21. The molecule has 0 radical (unpaired) electrons. The number of carbonyl (C=O) groups excluding carboxylic acids is 1. The molecule has 0 amide bonds. The molecule has 0 aliphatic carbocycles. The highest BCUT2D eigenvalue weighted by atomic mass is 32.1. The highest BCUT2D eigenvalue weighted by Gasteiger charge is 2.35. The molecule has 1 aliphatic rings. The van der Waals surface area contributed by atoms with Gasteiger partial charge in [-0.25, -0.2) is 9.79 Å². The van der Waals surface area contributed by atoms with E-state index in [1.807, 2.05) is 92.0 Å². The predicted molar refractivity (Wildman–Crippen MR) is 148 cm³/mol. The zero-order valence-electron chi connectivity index (χ0n) is 20.7. The number of nitrogens with zero attached hydrogens (tertiary/aromatic N) is 2. The van der Waals surface area contributed by atoms with E-state index in [9.17, 15) is 9.59 Å². The van der Waals surface area contributed by atoms with Crippen LogP contribution in [0.4, 0.5) is 0 Å². The first-order valence-electron chi connectivity index (χ1n) is 12.0. The van der Waals surface area contributed by atoms with E-state index in [1.165, 1.54) is 22.7 Å². The minimum absolute atomic E-state index is 0.0826. The largest absolute Gasteiger partial charge is 0.491 e. The van der Waals surface area contributed by atoms with Crippen molar-refractivity contribution >= 4 is 40.4 Å². The number of carbonyl (C=O) groups is 1. The lowest BCUT2D eigenvalue weighted by Crippen LogP contribution is -2.39. The summed E-state index contributed by atoms with van der Waals surface area (Å²) in [7, 11) is 0. The standard InChI is InChI=1S/C29H26N2O4S2/c1-4-34-28(33)24-25(20-9-6-5-7-10-20)30-29-31(26(24)22-11-8-16-36-22)27(32)23(37-29)17-19-12-14-21(15-13-19)35-18(2)3/h5-18,26H,4H2,1-3H3/b23-17-/t26-/m0/s1. The van der Waals surface area contributed by atoms with Crippen molar-refractivity contribution in [3.05, 3.63) is 113 Å². The van der Waals surface area contributed by atoms with Crippen molar-refractivity contribution in [1.82, 2.24) is 4.57 Å². The van der Waals surface area contributed by atoms with Crippen molar-refractivity contribution < 1.29 is 14.3 Å². The summed E-state index contributed by atoms with van der Waals surface area (Å²) in [6, 6.07) is 20.4. The van der Waals surface area contributed by atoms with Crippen molar-refractivity contribution in [3.63, 3.8) is 0 Å². The van der Waals surface area contributed by atoms with E-state index < -0.39 is 12.0 Å². The first-order chi connectivity index (χ1) is 18.0. The van der Waals surface area contributed by atoms with Crippen LogP contribution in [0.2, 0.25) is 0 Å². The Morgan fingerprint density at radius 2 is 1.84 bits per heavy atom. The van der Waals surface area contributed by atoms with E-state index in [0.717, 1.165) is 21.8 Å². The van der Waals surface area contributed by atoms with Gasteiger partial charge in [0.25, 0.3) is 5.56 Å². The third-order valence-corrected chi connectivity index (χ3v) is 7.64. The van der Waals surface area contributed by atoms with Gasteiger partial charge in [0, 0.05) is 10.4 Å². The van der Waals surface area contributed by atoms with Crippen molar-refractivity contribution in [2.24, 2.45) is 4.99 Å². The van der Waals surface area contributed by atoms with Gasteiger partial charge in [0.15, 0.2) is 4.80 Å². The van der Waals surface area contributed by atoms with Gasteiger partial charge in [-0.1, -0.05) is 59.9 Å². The third kappa shape index (κ3) is 5.08. The van der Waals surface area contributed by atoms with E-state index in [-0.39, 0.29) is 18.3 Å². The van der Waals surface area contributed by atoms with Crippen LogP contribution in [0.5, 0.6) is 5.75 Å². The molecular formula is C29H26N2O4S2. The Bertz CT molecular complexity index is 1610. The highest BCUT2D eigenvalue weighted by Crippen LogP contribution is 2.36. The van der Waals surface area contributed by atoms with Gasteiger partial charge in [0.1, 0.15) is 11.8 Å². The molecule has 4 aromatic rings. The van der Waals surface area contributed by atoms with Crippen molar-refractivity contribution in [1.29, 1.82) is 0 Å². The Hall–Kier alpha value is -3.75. The predicted octanol–water partition coefficient (Wildman–Crippen LogP) is 4.78. The lowest BCUT2D eigenvalue weighted by Gasteiger charge is -2.24. The van der Waals surface area contributed by atoms with Crippen LogP contribution >= 0.6 is 22.7 Å². The molecule has 37 heavy (non-hydrogen) atoms. The highest BCUT2D eigenvalue weighted by molar-refractivity contribution is 7.10. The van der Waals surface area contributed by atoms with Crippen LogP contribution in [0.3, 0.4) is 0 Å². The van der Waals surface area contributed by atoms with Gasteiger partial charge < -0.3 is 9.47 Å². The van der Waals surface area contributed by atoms with E-state index in [2.05, 4.69) is 0 Å². The molecular weight excluding hydrogens is 504 g/mol. The molecule has 0 saturated heterocycles. The van der Waals surface area contributed by atoms with Crippen molar-refractivity contribution in [3.8, 4) is 5.75 Å². The second kappa shape index (κ2) is 10.7. The molecule has 0 spiro atoms. The number of rotatable bonds is 7. The van der Waals surface area contributed by atoms with Crippen LogP contribution in [0, 0.1) is 0 Å². The summed E-state index contributed by atoms with van der Waals surface area (Å²) in [5.41, 5.74) is 2.37. The van der Waals surface area contributed by atoms with Gasteiger partial charge in [0.05, 0.1) is 28.5 Å². The second-order valence-corrected chi connectivity index (χ2v) is 10.7. The number of esters is 1. The second-order valence-electron chi connectivity index (χ2n) is 8.68. The summed E-state index contributed by atoms with van der Waals surface area (Å²) in [6.45, 7) is 5.95. The van der Waals surface area contributed by atoms with Crippen molar-refractivity contribution in [2.45, 2.75) is 32.9 Å². The molecule has 0 bridgehead atoms. The van der Waals surface area contributed by atoms with Crippen LogP contribution in [0.25, 0.3) is 11.8 Å². The van der Waals surface area contributed by atoms with Crippen LogP contribution < -0.4 is 19.6 Å². The maximum absolute atomic E-state index is 13.8. The molecule has 5 rings (SSSR count). The van der Waals surface area contributed by atoms with Gasteiger partial charge in [-0.05, 0) is 56.0 Å². The number of hydrogen-bond donors (Lipinski definition) is 0. The van der Waals surface area contributed by atoms with Gasteiger partial charge in [-0.15, -0.1) is 11.3 Å². The Labute approximate surface area is 222 Å². The zero-order chi connectivity index (χ0) is 25.9. The number of thiophene rings is 1. The number of thiazole rings is 1. The number of fused-ring (bicyclic) bond motifs is 1. The number of ether oxygens (including phenoxy) is 2. The van der Waals surface area contributed by atoms with Crippen LogP contribution in [0.1, 0.15) is 42.8 Å². The SMILES string of the molecule is CCOC(=O)C1=C(c2ccccc2)N=c2s/c(=C\c3ccc(OC(C)C)cc3)c(=O)n2[C@H]1c1cccs1. The summed E-state index contributed by atoms with van der Waals surface area (Å²) >= 11 is 2.81. The third-order valence-electron chi connectivity index (χ3n) is 5.74. The summed E-state index contributed by atoms with van der Waals surface area (Å²) in [6.07, 6.45) is 1.93. The fourth-order valence-corrected chi connectivity index (χ4v) is 6.05. The molecule has 6 nitrogen and oxygen atoms in total. The van der Waals surface area contributed by atoms with E-state index in [4.69, 9.17) is 14.5 Å². The summed E-state index contributed by atoms with van der Waals surface area (Å²) in [5, 5.41) is 1.94. The fourth-order valence-electron chi connectivity index (χ4n) is 4.22. The van der Waals surface area contributed by atoms with E-state index in [0.29, 0.717) is 20.6 Å². The van der Waals surface area contributed by atoms with Crippen LogP contribution in [-0.2, 0) is 9.53 Å². The first-order valence-corrected chi connectivity index (χ1v) is 13.7. The lowest BCUT2D eigenvalue weighted by atomic mass is 9.97. The van der Waals surface area contributed by atoms with Crippen LogP contribution in [-0.4, -0.2) is 23.2 Å². The molecule has 1 aliphatic heterocycles. The monoisotopic (exact) mass is 530 g/mol. The lowest BCUT2D eigenvalue weighted by molar-refractivity contribution is -0.138. The normalized spacial score (nSPS) is 15.5. The van der Waals surface area contributed by atoms with Gasteiger partial charge in [0.2, 0.25) is 0 Å². The number of aromatic nitrogens is 1. The average molecular weight is 531 g/mol. The molecule has 188 valence electrons. The first kappa shape index (κ1) is 24.9. The number of benzene rings is 2. The van der Waals surface area contributed by atoms with Gasteiger partial charge in [-0.3, -0.25) is 9.36 Å². The molecule has 2 aromatic carbocycles. The fraction of sp³-hybridized carbons (Fsp3) is 0.207. The molecule has 0 unspecified atom stereocenters. The molecule has 0 fully saturated rings. The van der Waals surface area contributed by atoms with E-state index in [1.54, 1.807) is 11.5 Å².